The van der Waals surface area contributed by atoms with Crippen LogP contribution >= 0.6 is 0 Å². The van der Waals surface area contributed by atoms with Gasteiger partial charge in [-0.05, 0) is 38.5 Å². The van der Waals surface area contributed by atoms with Crippen LogP contribution in [-0.4, -0.2) is 49.9 Å². The number of nitrogens with one attached hydrogen (secondary N) is 2. The minimum absolute atomic E-state index is 0.477. The molecular formula is C17H27N3O3. The molecule has 1 aliphatic heterocycles. The summed E-state index contributed by atoms with van der Waals surface area (Å²) in [5.74, 6) is 0.625. The molecule has 0 spiro atoms. The Morgan fingerprint density at radius 3 is 2.61 bits per heavy atom. The Kier molecular flexibility index (Phi) is 5.85. The summed E-state index contributed by atoms with van der Waals surface area (Å²) in [6, 6.07) is 5.86. The Morgan fingerprint density at radius 2 is 2.00 bits per heavy atom. The predicted molar refractivity (Wildman–Crippen MR) is 91.0 cm³/mol. The minimum atomic E-state index is -0.532. The SMILES string of the molecule is COc1ccc(CN2CCNCC2)cc1NC(=O)OC(C)(C)C. The van der Waals surface area contributed by atoms with E-state index in [2.05, 4.69) is 15.5 Å². The lowest BCUT2D eigenvalue weighted by molar-refractivity contribution is 0.0635. The van der Waals surface area contributed by atoms with Crippen molar-refractivity contribution in [1.29, 1.82) is 0 Å². The fourth-order valence-electron chi connectivity index (χ4n) is 2.49. The topological polar surface area (TPSA) is 62.8 Å². The summed E-state index contributed by atoms with van der Waals surface area (Å²) in [7, 11) is 1.59. The number of benzene rings is 1. The maximum atomic E-state index is 12.0. The highest BCUT2D eigenvalue weighted by molar-refractivity contribution is 5.87. The highest BCUT2D eigenvalue weighted by Gasteiger charge is 2.18. The van der Waals surface area contributed by atoms with Gasteiger partial charge in [-0.15, -0.1) is 0 Å². The van der Waals surface area contributed by atoms with Crippen LogP contribution in [0.25, 0.3) is 0 Å². The molecule has 0 aliphatic carbocycles. The summed E-state index contributed by atoms with van der Waals surface area (Å²) >= 11 is 0. The van der Waals surface area contributed by atoms with Crippen LogP contribution in [0, 0.1) is 0 Å². The zero-order valence-corrected chi connectivity index (χ0v) is 14.4. The molecule has 0 unspecified atom stereocenters. The van der Waals surface area contributed by atoms with Gasteiger partial charge in [0.15, 0.2) is 0 Å². The molecule has 0 radical (unpaired) electrons. The standard InChI is InChI=1S/C17H27N3O3/c1-17(2,3)23-16(21)19-14-11-13(5-6-15(14)22-4)12-20-9-7-18-8-10-20/h5-6,11,18H,7-10,12H2,1-4H3,(H,19,21). The summed E-state index contributed by atoms with van der Waals surface area (Å²) in [5, 5.41) is 6.12. The first-order valence-electron chi connectivity index (χ1n) is 7.97. The van der Waals surface area contributed by atoms with Crippen LogP contribution in [0.3, 0.4) is 0 Å². The number of ether oxygens (including phenoxy) is 2. The van der Waals surface area contributed by atoms with Gasteiger partial charge < -0.3 is 14.8 Å². The number of carbonyl (C=O) groups is 1. The van der Waals surface area contributed by atoms with Gasteiger partial charge in [0.05, 0.1) is 12.8 Å². The van der Waals surface area contributed by atoms with E-state index >= 15 is 0 Å². The van der Waals surface area contributed by atoms with Gasteiger partial charge in [0.1, 0.15) is 11.4 Å². The lowest BCUT2D eigenvalue weighted by Crippen LogP contribution is -2.42. The predicted octanol–water partition coefficient (Wildman–Crippen LogP) is 2.45. The van der Waals surface area contributed by atoms with Gasteiger partial charge in [0.2, 0.25) is 0 Å². The number of rotatable bonds is 4. The number of amides is 1. The van der Waals surface area contributed by atoms with Gasteiger partial charge in [0, 0.05) is 32.7 Å². The Labute approximate surface area is 138 Å². The second-order valence-corrected chi connectivity index (χ2v) is 6.69. The van der Waals surface area contributed by atoms with E-state index in [1.54, 1.807) is 7.11 Å². The second kappa shape index (κ2) is 7.66. The molecule has 128 valence electrons. The first kappa shape index (κ1) is 17.6. The van der Waals surface area contributed by atoms with E-state index in [9.17, 15) is 4.79 Å². The third-order valence-corrected chi connectivity index (χ3v) is 3.52. The summed E-state index contributed by atoms with van der Waals surface area (Å²) < 4.78 is 10.6. The number of methoxy groups -OCH3 is 1. The molecule has 1 aromatic carbocycles. The van der Waals surface area contributed by atoms with Crippen LogP contribution < -0.4 is 15.4 Å². The molecule has 1 saturated heterocycles. The number of nitrogens with zero attached hydrogens (tertiary/aromatic N) is 1. The van der Waals surface area contributed by atoms with Gasteiger partial charge in [-0.3, -0.25) is 10.2 Å². The lowest BCUT2D eigenvalue weighted by Gasteiger charge is -2.27. The molecule has 2 rings (SSSR count). The molecule has 0 saturated carbocycles. The van der Waals surface area contributed by atoms with E-state index in [1.807, 2.05) is 39.0 Å². The number of hydrogen-bond acceptors (Lipinski definition) is 5. The van der Waals surface area contributed by atoms with E-state index in [-0.39, 0.29) is 0 Å². The number of anilines is 1. The fraction of sp³-hybridized carbons (Fsp3) is 0.588. The maximum Gasteiger partial charge on any atom is 0.412 e. The van der Waals surface area contributed by atoms with Crippen molar-refractivity contribution in [1.82, 2.24) is 10.2 Å². The lowest BCUT2D eigenvalue weighted by atomic mass is 10.1. The number of hydrogen-bond donors (Lipinski definition) is 2. The molecule has 1 amide bonds. The third kappa shape index (κ3) is 5.73. The second-order valence-electron chi connectivity index (χ2n) is 6.69. The largest absolute Gasteiger partial charge is 0.495 e. The summed E-state index contributed by atoms with van der Waals surface area (Å²) in [6.45, 7) is 10.5. The van der Waals surface area contributed by atoms with Crippen molar-refractivity contribution in [3.63, 3.8) is 0 Å². The molecule has 23 heavy (non-hydrogen) atoms. The molecule has 1 aromatic rings. The Morgan fingerprint density at radius 1 is 1.30 bits per heavy atom. The van der Waals surface area contributed by atoms with E-state index in [4.69, 9.17) is 9.47 Å². The van der Waals surface area contributed by atoms with Crippen molar-refractivity contribution < 1.29 is 14.3 Å². The molecule has 1 heterocycles. The Balaban J connectivity index is 2.07. The Hall–Kier alpha value is -1.79. The smallest absolute Gasteiger partial charge is 0.412 e. The molecule has 6 nitrogen and oxygen atoms in total. The molecule has 6 heteroatoms. The van der Waals surface area contributed by atoms with Crippen LogP contribution in [0.5, 0.6) is 5.75 Å². The quantitative estimate of drug-likeness (QED) is 0.892. The zero-order chi connectivity index (χ0) is 16.9. The molecule has 0 bridgehead atoms. The molecule has 0 aromatic heterocycles. The zero-order valence-electron chi connectivity index (χ0n) is 14.4. The maximum absolute atomic E-state index is 12.0. The molecular weight excluding hydrogens is 294 g/mol. The number of carbonyl (C=O) groups excluding carboxylic acids is 1. The van der Waals surface area contributed by atoms with Crippen molar-refractivity contribution in [3.05, 3.63) is 23.8 Å². The first-order chi connectivity index (χ1) is 10.9. The highest BCUT2D eigenvalue weighted by Crippen LogP contribution is 2.26. The van der Waals surface area contributed by atoms with E-state index in [1.165, 1.54) is 0 Å². The van der Waals surface area contributed by atoms with Crippen molar-refractivity contribution in [2.75, 3.05) is 38.6 Å². The van der Waals surface area contributed by atoms with Crippen LogP contribution in [0.2, 0.25) is 0 Å². The van der Waals surface area contributed by atoms with Crippen LogP contribution in [0.4, 0.5) is 10.5 Å². The fourth-order valence-corrected chi connectivity index (χ4v) is 2.49. The number of piperazine rings is 1. The first-order valence-corrected chi connectivity index (χ1v) is 7.97. The summed E-state index contributed by atoms with van der Waals surface area (Å²) in [5.41, 5.74) is 1.24. The summed E-state index contributed by atoms with van der Waals surface area (Å²) in [4.78, 5) is 14.4. The van der Waals surface area contributed by atoms with Crippen molar-refractivity contribution in [2.45, 2.75) is 32.9 Å². The van der Waals surface area contributed by atoms with Crippen LogP contribution in [0.15, 0.2) is 18.2 Å². The van der Waals surface area contributed by atoms with Crippen LogP contribution in [0.1, 0.15) is 26.3 Å². The third-order valence-electron chi connectivity index (χ3n) is 3.52. The van der Waals surface area contributed by atoms with Gasteiger partial charge in [-0.1, -0.05) is 6.07 Å². The average Bonchev–Trinajstić information content (AvgIpc) is 2.46. The Bertz CT molecular complexity index is 534. The normalized spacial score (nSPS) is 16.0. The van der Waals surface area contributed by atoms with Gasteiger partial charge >= 0.3 is 6.09 Å². The summed E-state index contributed by atoms with van der Waals surface area (Å²) in [6.07, 6.45) is -0.477. The van der Waals surface area contributed by atoms with Crippen molar-refractivity contribution in [3.8, 4) is 5.75 Å². The highest BCUT2D eigenvalue weighted by atomic mass is 16.6. The van der Waals surface area contributed by atoms with Crippen molar-refractivity contribution >= 4 is 11.8 Å². The van der Waals surface area contributed by atoms with Gasteiger partial charge in [0.25, 0.3) is 0 Å². The molecule has 2 N–H and O–H groups in total. The van der Waals surface area contributed by atoms with Gasteiger partial charge in [-0.25, -0.2) is 4.79 Å². The van der Waals surface area contributed by atoms with Gasteiger partial charge in [-0.2, -0.15) is 0 Å². The molecule has 1 fully saturated rings. The van der Waals surface area contributed by atoms with Crippen molar-refractivity contribution in [2.24, 2.45) is 0 Å². The van der Waals surface area contributed by atoms with Crippen LogP contribution in [-0.2, 0) is 11.3 Å². The minimum Gasteiger partial charge on any atom is -0.495 e. The average molecular weight is 321 g/mol. The van der Waals surface area contributed by atoms with E-state index in [0.717, 1.165) is 38.3 Å². The van der Waals surface area contributed by atoms with E-state index < -0.39 is 11.7 Å². The molecule has 1 aliphatic rings. The monoisotopic (exact) mass is 321 g/mol. The van der Waals surface area contributed by atoms with E-state index in [0.29, 0.717) is 11.4 Å². The molecule has 0 atom stereocenters.